The molecule has 7 nitrogen and oxygen atoms in total. The number of rotatable bonds is 4. The highest BCUT2D eigenvalue weighted by Gasteiger charge is 2.24. The minimum atomic E-state index is -0.556. The number of nitrogens with zero attached hydrogens (tertiary/aromatic N) is 1. The van der Waals surface area contributed by atoms with Crippen molar-refractivity contribution in [3.63, 3.8) is 0 Å². The van der Waals surface area contributed by atoms with E-state index < -0.39 is 5.97 Å². The van der Waals surface area contributed by atoms with E-state index in [4.69, 9.17) is 14.4 Å². The van der Waals surface area contributed by atoms with Gasteiger partial charge in [-0.3, -0.25) is 15.7 Å². The number of hydrogen-bond donors (Lipinski definition) is 3. The van der Waals surface area contributed by atoms with Gasteiger partial charge >= 0.3 is 5.97 Å². The molecule has 0 saturated carbocycles. The Morgan fingerprint density at radius 2 is 2.24 bits per heavy atom. The summed E-state index contributed by atoms with van der Waals surface area (Å²) >= 11 is 0. The van der Waals surface area contributed by atoms with Crippen LogP contribution in [0.4, 0.5) is 5.69 Å². The maximum Gasteiger partial charge on any atom is 0.376 e. The highest BCUT2D eigenvalue weighted by atomic mass is 16.5. The molecule has 2 aromatic heterocycles. The molecule has 0 saturated heterocycles. The minimum Gasteiger partial charge on any atom is -0.463 e. The van der Waals surface area contributed by atoms with Crippen molar-refractivity contribution in [2.75, 3.05) is 12.4 Å². The number of methoxy groups -OCH3 is 1. The van der Waals surface area contributed by atoms with Gasteiger partial charge in [-0.15, -0.1) is 0 Å². The van der Waals surface area contributed by atoms with E-state index in [-0.39, 0.29) is 11.8 Å². The van der Waals surface area contributed by atoms with Gasteiger partial charge in [0.05, 0.1) is 30.7 Å². The van der Waals surface area contributed by atoms with Crippen LogP contribution >= 0.6 is 0 Å². The first-order valence-electron chi connectivity index (χ1n) is 7.65. The van der Waals surface area contributed by atoms with E-state index >= 15 is 0 Å². The van der Waals surface area contributed by atoms with Crippen molar-refractivity contribution in [2.24, 2.45) is 0 Å². The quantitative estimate of drug-likeness (QED) is 0.583. The molecule has 2 aliphatic rings. The van der Waals surface area contributed by atoms with Crippen molar-refractivity contribution in [3.8, 4) is 0 Å². The molecule has 0 bridgehead atoms. The van der Waals surface area contributed by atoms with Crippen molar-refractivity contribution < 1.29 is 19.2 Å². The molecule has 7 heteroatoms. The molecule has 0 amide bonds. The van der Waals surface area contributed by atoms with Gasteiger partial charge in [0.25, 0.3) is 0 Å². The lowest BCUT2D eigenvalue weighted by molar-refractivity contribution is 0.0569. The number of ether oxygens (including phenoxy) is 1. The Labute approximate surface area is 142 Å². The van der Waals surface area contributed by atoms with E-state index in [2.05, 4.69) is 15.8 Å². The molecule has 126 valence electrons. The second kappa shape index (κ2) is 5.95. The lowest BCUT2D eigenvalue weighted by atomic mass is 9.99. The van der Waals surface area contributed by atoms with Gasteiger partial charge in [0, 0.05) is 17.2 Å². The Morgan fingerprint density at radius 1 is 1.36 bits per heavy atom. The molecule has 2 aliphatic carbocycles. The second-order valence-corrected chi connectivity index (χ2v) is 5.59. The summed E-state index contributed by atoms with van der Waals surface area (Å²) in [4.78, 5) is 16.1. The molecule has 0 aromatic carbocycles. The molecule has 25 heavy (non-hydrogen) atoms. The summed E-state index contributed by atoms with van der Waals surface area (Å²) in [6.45, 7) is 0. The van der Waals surface area contributed by atoms with Gasteiger partial charge in [-0.25, -0.2) is 4.79 Å². The van der Waals surface area contributed by atoms with Crippen molar-refractivity contribution in [3.05, 3.63) is 71.4 Å². The molecule has 0 radical (unpaired) electrons. The molecule has 3 N–H and O–H groups in total. The molecular formula is C18H15N3O4. The molecule has 0 aliphatic heterocycles. The number of anilines is 1. The number of nitrogens with one attached hydrogen (secondary N) is 2. The van der Waals surface area contributed by atoms with Gasteiger partial charge in [0.1, 0.15) is 0 Å². The van der Waals surface area contributed by atoms with Gasteiger partial charge in [-0.2, -0.15) is 0 Å². The van der Waals surface area contributed by atoms with Crippen LogP contribution in [0.2, 0.25) is 0 Å². The summed E-state index contributed by atoms with van der Waals surface area (Å²) < 4.78 is 10.4. The number of allylic oxidation sites excluding steroid dienone is 5. The standard InChI is InChI=1S/C18H15N3O4/c1-24-18(22)17-16(13-6-7-19-9-15(13)25-17)20-11-3-4-12-10(8-11)2-5-14(12)21-23/h2-9,11,20-21,23H,1H3. The Bertz CT molecular complexity index is 981. The van der Waals surface area contributed by atoms with Crippen LogP contribution in [0.15, 0.2) is 70.1 Å². The average Bonchev–Trinajstić information content (AvgIpc) is 3.22. The number of esters is 1. The van der Waals surface area contributed by atoms with Crippen LogP contribution in [0.1, 0.15) is 10.6 Å². The summed E-state index contributed by atoms with van der Waals surface area (Å²) in [5.41, 5.74) is 5.78. The molecule has 2 aromatic rings. The fourth-order valence-corrected chi connectivity index (χ4v) is 2.97. The number of pyridine rings is 1. The summed E-state index contributed by atoms with van der Waals surface area (Å²) in [7, 11) is 1.31. The molecule has 0 fully saturated rings. The zero-order valence-corrected chi connectivity index (χ0v) is 13.3. The van der Waals surface area contributed by atoms with Crippen LogP contribution in [-0.4, -0.2) is 29.3 Å². The molecule has 1 unspecified atom stereocenters. The van der Waals surface area contributed by atoms with Gasteiger partial charge in [0.2, 0.25) is 5.76 Å². The smallest absolute Gasteiger partial charge is 0.376 e. The Morgan fingerprint density at radius 3 is 3.04 bits per heavy atom. The summed E-state index contributed by atoms with van der Waals surface area (Å²) in [6.07, 6.45) is 12.7. The summed E-state index contributed by atoms with van der Waals surface area (Å²) in [5, 5.41) is 13.2. The number of furan rings is 1. The van der Waals surface area contributed by atoms with Gasteiger partial charge in [-0.05, 0) is 17.7 Å². The van der Waals surface area contributed by atoms with E-state index in [1.54, 1.807) is 24.5 Å². The molecule has 4 rings (SSSR count). The first kappa shape index (κ1) is 15.2. The third-order valence-electron chi connectivity index (χ3n) is 4.16. The molecule has 0 spiro atoms. The minimum absolute atomic E-state index is 0.110. The van der Waals surface area contributed by atoms with E-state index in [1.165, 1.54) is 7.11 Å². The Hall–Kier alpha value is -3.32. The van der Waals surface area contributed by atoms with Gasteiger partial charge < -0.3 is 14.5 Å². The monoisotopic (exact) mass is 337 g/mol. The molecule has 2 heterocycles. The lowest BCUT2D eigenvalue weighted by Crippen LogP contribution is -2.19. The van der Waals surface area contributed by atoms with E-state index in [0.717, 1.165) is 16.5 Å². The topological polar surface area (TPSA) is 96.6 Å². The van der Waals surface area contributed by atoms with Crippen molar-refractivity contribution in [2.45, 2.75) is 6.04 Å². The first-order chi connectivity index (χ1) is 12.2. The van der Waals surface area contributed by atoms with E-state index in [1.807, 2.05) is 24.3 Å². The normalized spacial score (nSPS) is 18.3. The third-order valence-corrected chi connectivity index (χ3v) is 4.16. The first-order valence-corrected chi connectivity index (χ1v) is 7.65. The lowest BCUT2D eigenvalue weighted by Gasteiger charge is -2.18. The van der Waals surface area contributed by atoms with Crippen LogP contribution in [0.5, 0.6) is 0 Å². The predicted octanol–water partition coefficient (Wildman–Crippen LogP) is 2.69. The fraction of sp³-hybridized carbons (Fsp3) is 0.111. The summed E-state index contributed by atoms with van der Waals surface area (Å²) in [6, 6.07) is 1.63. The van der Waals surface area contributed by atoms with Crippen LogP contribution in [0.3, 0.4) is 0 Å². The number of carbonyl (C=O) groups excluding carboxylic acids is 1. The van der Waals surface area contributed by atoms with E-state index in [0.29, 0.717) is 17.0 Å². The highest BCUT2D eigenvalue weighted by Crippen LogP contribution is 2.34. The Balaban J connectivity index is 1.71. The van der Waals surface area contributed by atoms with Crippen LogP contribution in [-0.2, 0) is 4.74 Å². The number of hydrogen-bond acceptors (Lipinski definition) is 7. The number of carbonyl (C=O) groups is 1. The van der Waals surface area contributed by atoms with Gasteiger partial charge in [0.15, 0.2) is 5.58 Å². The largest absolute Gasteiger partial charge is 0.463 e. The van der Waals surface area contributed by atoms with Crippen molar-refractivity contribution >= 4 is 22.6 Å². The maximum absolute atomic E-state index is 12.0. The van der Waals surface area contributed by atoms with E-state index in [9.17, 15) is 4.79 Å². The predicted molar refractivity (Wildman–Crippen MR) is 91.1 cm³/mol. The Kier molecular flexibility index (Phi) is 3.62. The van der Waals surface area contributed by atoms with Crippen LogP contribution < -0.4 is 10.8 Å². The SMILES string of the molecule is COC(=O)c1oc2cnccc2c1NC1C=CC2=C(NO)C=CC2=C1. The molecule has 1 atom stereocenters. The molecular weight excluding hydrogens is 322 g/mol. The number of hydroxylamine groups is 1. The average molecular weight is 337 g/mol. The van der Waals surface area contributed by atoms with Crippen LogP contribution in [0.25, 0.3) is 11.0 Å². The highest BCUT2D eigenvalue weighted by molar-refractivity contribution is 6.04. The fourth-order valence-electron chi connectivity index (χ4n) is 2.97. The zero-order chi connectivity index (χ0) is 17.4. The third kappa shape index (κ3) is 2.50. The maximum atomic E-state index is 12.0. The number of aromatic nitrogens is 1. The number of fused-ring (bicyclic) bond motifs is 2. The van der Waals surface area contributed by atoms with Crippen LogP contribution in [0, 0.1) is 0 Å². The summed E-state index contributed by atoms with van der Waals surface area (Å²) in [5.74, 6) is -0.447. The van der Waals surface area contributed by atoms with Gasteiger partial charge in [-0.1, -0.05) is 24.3 Å². The van der Waals surface area contributed by atoms with Crippen molar-refractivity contribution in [1.82, 2.24) is 10.5 Å². The zero-order valence-electron chi connectivity index (χ0n) is 13.3. The van der Waals surface area contributed by atoms with Crippen molar-refractivity contribution in [1.29, 1.82) is 0 Å². The second-order valence-electron chi connectivity index (χ2n) is 5.59.